The fourth-order valence-electron chi connectivity index (χ4n) is 2.22. The molecule has 0 saturated heterocycles. The van der Waals surface area contributed by atoms with Gasteiger partial charge in [0.15, 0.2) is 0 Å². The predicted molar refractivity (Wildman–Crippen MR) is 73.4 cm³/mol. The Bertz CT molecular complexity index is 195. The lowest BCUT2D eigenvalue weighted by molar-refractivity contribution is 0.122. The van der Waals surface area contributed by atoms with Gasteiger partial charge in [-0.25, -0.2) is 0 Å². The number of nitrogens with one attached hydrogen (secondary N) is 1. The Balaban J connectivity index is 2.17. The van der Waals surface area contributed by atoms with Gasteiger partial charge in [-0.05, 0) is 39.0 Å². The molecule has 0 bridgehead atoms. The molecular formula is C14H30N2O. The second kappa shape index (κ2) is 8.06. The van der Waals surface area contributed by atoms with Crippen molar-refractivity contribution in [3.8, 4) is 0 Å². The second-order valence-corrected chi connectivity index (χ2v) is 5.37. The highest BCUT2D eigenvalue weighted by atomic mass is 16.5. The molecule has 0 spiro atoms. The van der Waals surface area contributed by atoms with E-state index in [2.05, 4.69) is 31.0 Å². The van der Waals surface area contributed by atoms with Crippen molar-refractivity contribution >= 4 is 0 Å². The van der Waals surface area contributed by atoms with Gasteiger partial charge in [-0.1, -0.05) is 6.92 Å². The van der Waals surface area contributed by atoms with E-state index in [-0.39, 0.29) is 0 Å². The summed E-state index contributed by atoms with van der Waals surface area (Å²) in [5.74, 6) is 0.950. The molecule has 0 aliphatic heterocycles. The molecule has 0 aromatic heterocycles. The molecule has 1 N–H and O–H groups in total. The van der Waals surface area contributed by atoms with Crippen LogP contribution in [-0.4, -0.2) is 50.3 Å². The number of rotatable bonds is 10. The monoisotopic (exact) mass is 242 g/mol. The molecule has 102 valence electrons. The van der Waals surface area contributed by atoms with E-state index in [1.165, 1.54) is 19.3 Å². The van der Waals surface area contributed by atoms with E-state index >= 15 is 0 Å². The molecule has 0 amide bonds. The van der Waals surface area contributed by atoms with Gasteiger partial charge in [0.1, 0.15) is 0 Å². The van der Waals surface area contributed by atoms with E-state index in [4.69, 9.17) is 4.74 Å². The third-order valence-corrected chi connectivity index (χ3v) is 3.99. The molecular weight excluding hydrogens is 212 g/mol. The van der Waals surface area contributed by atoms with Crippen LogP contribution in [-0.2, 0) is 4.74 Å². The average molecular weight is 242 g/mol. The summed E-state index contributed by atoms with van der Waals surface area (Å²) in [6.45, 7) is 11.0. The van der Waals surface area contributed by atoms with E-state index < -0.39 is 0 Å². The Morgan fingerprint density at radius 2 is 2.00 bits per heavy atom. The van der Waals surface area contributed by atoms with Crippen LogP contribution in [0.5, 0.6) is 0 Å². The highest BCUT2D eigenvalue weighted by molar-refractivity contribution is 4.83. The maximum Gasteiger partial charge on any atom is 0.0589 e. The van der Waals surface area contributed by atoms with Crippen molar-refractivity contribution in [3.63, 3.8) is 0 Å². The Labute approximate surface area is 107 Å². The van der Waals surface area contributed by atoms with Gasteiger partial charge in [-0.2, -0.15) is 0 Å². The van der Waals surface area contributed by atoms with E-state index in [9.17, 15) is 0 Å². The Morgan fingerprint density at radius 3 is 2.53 bits per heavy atom. The summed E-state index contributed by atoms with van der Waals surface area (Å²) in [4.78, 5) is 2.52. The number of ether oxygens (including phenoxy) is 1. The van der Waals surface area contributed by atoms with Gasteiger partial charge < -0.3 is 10.1 Å². The SMILES string of the molecule is CCC(C)N(CCNC(C)C1CC1)CCOC. The van der Waals surface area contributed by atoms with E-state index in [1.54, 1.807) is 7.11 Å². The van der Waals surface area contributed by atoms with Gasteiger partial charge in [-0.3, -0.25) is 4.90 Å². The number of hydrogen-bond donors (Lipinski definition) is 1. The molecule has 1 rings (SSSR count). The van der Waals surface area contributed by atoms with Gasteiger partial charge in [0.05, 0.1) is 6.61 Å². The zero-order valence-corrected chi connectivity index (χ0v) is 12.0. The van der Waals surface area contributed by atoms with Crippen molar-refractivity contribution < 1.29 is 4.74 Å². The van der Waals surface area contributed by atoms with Crippen molar-refractivity contribution in [1.82, 2.24) is 10.2 Å². The summed E-state index contributed by atoms with van der Waals surface area (Å²) < 4.78 is 5.18. The molecule has 2 atom stereocenters. The van der Waals surface area contributed by atoms with Crippen molar-refractivity contribution in [1.29, 1.82) is 0 Å². The van der Waals surface area contributed by atoms with Gasteiger partial charge in [0.25, 0.3) is 0 Å². The standard InChI is InChI=1S/C14H30N2O/c1-5-12(2)16(10-11-17-4)9-8-15-13(3)14-6-7-14/h12-15H,5-11H2,1-4H3. The molecule has 0 heterocycles. The van der Waals surface area contributed by atoms with Crippen LogP contribution >= 0.6 is 0 Å². The third-order valence-electron chi connectivity index (χ3n) is 3.99. The van der Waals surface area contributed by atoms with Crippen molar-refractivity contribution in [2.75, 3.05) is 33.4 Å². The van der Waals surface area contributed by atoms with Crippen molar-refractivity contribution in [2.24, 2.45) is 5.92 Å². The fourth-order valence-corrected chi connectivity index (χ4v) is 2.22. The minimum atomic E-state index is 0.656. The summed E-state index contributed by atoms with van der Waals surface area (Å²) in [6.07, 6.45) is 4.06. The van der Waals surface area contributed by atoms with Crippen molar-refractivity contribution in [3.05, 3.63) is 0 Å². The highest BCUT2D eigenvalue weighted by Crippen LogP contribution is 2.32. The lowest BCUT2D eigenvalue weighted by Gasteiger charge is -2.28. The van der Waals surface area contributed by atoms with Crippen LogP contribution in [0.1, 0.15) is 40.0 Å². The van der Waals surface area contributed by atoms with Crippen LogP contribution in [0.2, 0.25) is 0 Å². The number of methoxy groups -OCH3 is 1. The first-order valence-electron chi connectivity index (χ1n) is 7.15. The number of nitrogens with zero attached hydrogens (tertiary/aromatic N) is 1. The topological polar surface area (TPSA) is 24.5 Å². The summed E-state index contributed by atoms with van der Waals surface area (Å²) in [5, 5.41) is 3.65. The van der Waals surface area contributed by atoms with Gasteiger partial charge in [-0.15, -0.1) is 0 Å². The van der Waals surface area contributed by atoms with E-state index in [1.807, 2.05) is 0 Å². The van der Waals surface area contributed by atoms with Crippen LogP contribution in [0.25, 0.3) is 0 Å². The summed E-state index contributed by atoms with van der Waals surface area (Å²) >= 11 is 0. The zero-order chi connectivity index (χ0) is 12.7. The van der Waals surface area contributed by atoms with Crippen molar-refractivity contribution in [2.45, 2.75) is 52.1 Å². The first kappa shape index (κ1) is 14.9. The molecule has 1 saturated carbocycles. The minimum Gasteiger partial charge on any atom is -0.383 e. The molecule has 1 aliphatic rings. The molecule has 3 nitrogen and oxygen atoms in total. The van der Waals surface area contributed by atoms with Gasteiger partial charge in [0, 0.05) is 38.8 Å². The summed E-state index contributed by atoms with van der Waals surface area (Å²) in [7, 11) is 1.78. The smallest absolute Gasteiger partial charge is 0.0589 e. The van der Waals surface area contributed by atoms with Crippen LogP contribution in [0.4, 0.5) is 0 Å². The zero-order valence-electron chi connectivity index (χ0n) is 12.0. The summed E-state index contributed by atoms with van der Waals surface area (Å²) in [5.41, 5.74) is 0. The normalized spacial score (nSPS) is 19.6. The first-order chi connectivity index (χ1) is 8.19. The molecule has 17 heavy (non-hydrogen) atoms. The first-order valence-corrected chi connectivity index (χ1v) is 7.15. The Morgan fingerprint density at radius 1 is 1.29 bits per heavy atom. The quantitative estimate of drug-likeness (QED) is 0.635. The lowest BCUT2D eigenvalue weighted by atomic mass is 10.2. The van der Waals surface area contributed by atoms with Gasteiger partial charge >= 0.3 is 0 Å². The molecule has 3 heteroatoms. The van der Waals surface area contributed by atoms with Gasteiger partial charge in [0.2, 0.25) is 0 Å². The maximum absolute atomic E-state index is 5.18. The fraction of sp³-hybridized carbons (Fsp3) is 1.00. The Kier molecular flexibility index (Phi) is 7.09. The summed E-state index contributed by atoms with van der Waals surface area (Å²) in [6, 6.07) is 1.36. The molecule has 1 fully saturated rings. The van der Waals surface area contributed by atoms with Crippen LogP contribution < -0.4 is 5.32 Å². The highest BCUT2D eigenvalue weighted by Gasteiger charge is 2.27. The van der Waals surface area contributed by atoms with Crippen LogP contribution in [0.3, 0.4) is 0 Å². The number of hydrogen-bond acceptors (Lipinski definition) is 3. The molecule has 2 unspecified atom stereocenters. The predicted octanol–water partition coefficient (Wildman–Crippen LogP) is 2.12. The maximum atomic E-state index is 5.18. The largest absolute Gasteiger partial charge is 0.383 e. The minimum absolute atomic E-state index is 0.656. The average Bonchev–Trinajstić information content (AvgIpc) is 3.16. The van der Waals surface area contributed by atoms with E-state index in [0.29, 0.717) is 12.1 Å². The van der Waals surface area contributed by atoms with E-state index in [0.717, 1.165) is 32.2 Å². The molecule has 0 aromatic rings. The van der Waals surface area contributed by atoms with Crippen LogP contribution in [0, 0.1) is 5.92 Å². The molecule has 0 aromatic carbocycles. The third kappa shape index (κ3) is 5.84. The lowest BCUT2D eigenvalue weighted by Crippen LogP contribution is -2.42. The van der Waals surface area contributed by atoms with Crippen LogP contribution in [0.15, 0.2) is 0 Å². The molecule has 1 aliphatic carbocycles. The Hall–Kier alpha value is -0.120. The molecule has 0 radical (unpaired) electrons. The second-order valence-electron chi connectivity index (χ2n) is 5.37.